The highest BCUT2D eigenvalue weighted by atomic mass is 35.5. The van der Waals surface area contributed by atoms with Gasteiger partial charge in [-0.05, 0) is 24.6 Å². The molecule has 4 nitrogen and oxygen atoms in total. The van der Waals surface area contributed by atoms with Crippen LogP contribution < -0.4 is 0 Å². The van der Waals surface area contributed by atoms with Gasteiger partial charge in [0.1, 0.15) is 0 Å². The maximum atomic E-state index is 12.3. The molecular weight excluding hydrogens is 266 g/mol. The van der Waals surface area contributed by atoms with E-state index in [-0.39, 0.29) is 17.8 Å². The second-order valence-corrected chi connectivity index (χ2v) is 4.93. The molecule has 0 aliphatic heterocycles. The van der Waals surface area contributed by atoms with Crippen LogP contribution in [0, 0.1) is 12.8 Å². The lowest BCUT2D eigenvalue weighted by atomic mass is 10.1. The van der Waals surface area contributed by atoms with Crippen molar-refractivity contribution in [2.24, 2.45) is 5.92 Å². The van der Waals surface area contributed by atoms with Gasteiger partial charge in [-0.1, -0.05) is 24.6 Å². The molecule has 0 aliphatic carbocycles. The number of carbonyl (C=O) groups is 2. The molecule has 0 fully saturated rings. The van der Waals surface area contributed by atoms with E-state index in [9.17, 15) is 9.59 Å². The zero-order valence-electron chi connectivity index (χ0n) is 11.6. The SMILES string of the molecule is COC(=O)C(C)CN(C)C(=O)c1cccc(Cl)c1C. The first-order valence-electron chi connectivity index (χ1n) is 5.96. The minimum absolute atomic E-state index is 0.157. The van der Waals surface area contributed by atoms with Gasteiger partial charge < -0.3 is 9.64 Å². The molecule has 0 bridgehead atoms. The van der Waals surface area contributed by atoms with Crippen LogP contribution >= 0.6 is 11.6 Å². The van der Waals surface area contributed by atoms with Crippen molar-refractivity contribution in [3.8, 4) is 0 Å². The Morgan fingerprint density at radius 1 is 1.42 bits per heavy atom. The number of halogens is 1. The first-order chi connectivity index (χ1) is 8.88. The molecular formula is C14H18ClNO3. The number of esters is 1. The van der Waals surface area contributed by atoms with E-state index < -0.39 is 0 Å². The van der Waals surface area contributed by atoms with Gasteiger partial charge in [0.15, 0.2) is 0 Å². The van der Waals surface area contributed by atoms with Gasteiger partial charge >= 0.3 is 5.97 Å². The molecule has 5 heteroatoms. The number of amides is 1. The van der Waals surface area contributed by atoms with Gasteiger partial charge in [-0.25, -0.2) is 0 Å². The minimum Gasteiger partial charge on any atom is -0.469 e. The third kappa shape index (κ3) is 3.70. The van der Waals surface area contributed by atoms with E-state index in [0.717, 1.165) is 5.56 Å². The van der Waals surface area contributed by atoms with Crippen molar-refractivity contribution in [1.29, 1.82) is 0 Å². The molecule has 0 radical (unpaired) electrons. The number of carbonyl (C=O) groups excluding carboxylic acids is 2. The highest BCUT2D eigenvalue weighted by Gasteiger charge is 2.21. The summed E-state index contributed by atoms with van der Waals surface area (Å²) < 4.78 is 4.64. The van der Waals surface area contributed by atoms with Crippen molar-refractivity contribution in [3.63, 3.8) is 0 Å². The van der Waals surface area contributed by atoms with E-state index in [1.54, 1.807) is 39.1 Å². The molecule has 1 aromatic carbocycles. The van der Waals surface area contributed by atoms with Gasteiger partial charge in [-0.15, -0.1) is 0 Å². The highest BCUT2D eigenvalue weighted by molar-refractivity contribution is 6.31. The Morgan fingerprint density at radius 3 is 2.63 bits per heavy atom. The number of rotatable bonds is 4. The number of ether oxygens (including phenoxy) is 1. The van der Waals surface area contributed by atoms with E-state index in [2.05, 4.69) is 4.74 Å². The van der Waals surface area contributed by atoms with Crippen LogP contribution in [0.3, 0.4) is 0 Å². The monoisotopic (exact) mass is 283 g/mol. The number of methoxy groups -OCH3 is 1. The van der Waals surface area contributed by atoms with Crippen LogP contribution in [0.1, 0.15) is 22.8 Å². The molecule has 0 spiro atoms. The third-order valence-corrected chi connectivity index (χ3v) is 3.41. The van der Waals surface area contributed by atoms with Crippen LogP contribution in [0.5, 0.6) is 0 Å². The number of nitrogens with zero attached hydrogens (tertiary/aromatic N) is 1. The molecule has 104 valence electrons. The standard InChI is InChI=1S/C14H18ClNO3/c1-9(14(18)19-4)8-16(3)13(17)11-6-5-7-12(15)10(11)2/h5-7,9H,8H2,1-4H3. The van der Waals surface area contributed by atoms with E-state index in [4.69, 9.17) is 11.6 Å². The van der Waals surface area contributed by atoms with Crippen molar-refractivity contribution in [3.05, 3.63) is 34.3 Å². The summed E-state index contributed by atoms with van der Waals surface area (Å²) >= 11 is 6.00. The van der Waals surface area contributed by atoms with Gasteiger partial charge in [-0.2, -0.15) is 0 Å². The molecule has 1 amide bonds. The van der Waals surface area contributed by atoms with E-state index in [0.29, 0.717) is 17.1 Å². The number of benzene rings is 1. The Labute approximate surface area is 118 Å². The Morgan fingerprint density at radius 2 is 2.05 bits per heavy atom. The van der Waals surface area contributed by atoms with Crippen LogP contribution in [0.2, 0.25) is 5.02 Å². The fourth-order valence-electron chi connectivity index (χ4n) is 1.81. The molecule has 1 atom stereocenters. The normalized spacial score (nSPS) is 11.8. The largest absolute Gasteiger partial charge is 0.469 e. The number of hydrogen-bond donors (Lipinski definition) is 0. The molecule has 0 aromatic heterocycles. The molecule has 0 heterocycles. The minimum atomic E-state index is -0.363. The Bertz CT molecular complexity index is 488. The van der Waals surface area contributed by atoms with Gasteiger partial charge in [0, 0.05) is 24.2 Å². The Balaban J connectivity index is 2.83. The van der Waals surface area contributed by atoms with Crippen LogP contribution in [0.4, 0.5) is 0 Å². The second-order valence-electron chi connectivity index (χ2n) is 4.52. The van der Waals surface area contributed by atoms with E-state index in [1.807, 2.05) is 0 Å². The van der Waals surface area contributed by atoms with Crippen LogP contribution in [0.25, 0.3) is 0 Å². The van der Waals surface area contributed by atoms with Crippen molar-refractivity contribution in [2.45, 2.75) is 13.8 Å². The average Bonchev–Trinajstić information content (AvgIpc) is 2.39. The van der Waals surface area contributed by atoms with Gasteiger partial charge in [-0.3, -0.25) is 9.59 Å². The first-order valence-corrected chi connectivity index (χ1v) is 6.34. The molecule has 1 unspecified atom stereocenters. The molecule has 0 saturated carbocycles. The number of hydrogen-bond acceptors (Lipinski definition) is 3. The van der Waals surface area contributed by atoms with Crippen LogP contribution in [-0.2, 0) is 9.53 Å². The second kappa shape index (κ2) is 6.57. The topological polar surface area (TPSA) is 46.6 Å². The summed E-state index contributed by atoms with van der Waals surface area (Å²) in [5, 5.41) is 0.556. The van der Waals surface area contributed by atoms with Crippen LogP contribution in [0.15, 0.2) is 18.2 Å². The fraction of sp³-hybridized carbons (Fsp3) is 0.429. The summed E-state index contributed by atoms with van der Waals surface area (Å²) in [5.41, 5.74) is 1.29. The van der Waals surface area contributed by atoms with Gasteiger partial charge in [0.05, 0.1) is 13.0 Å². The molecule has 0 saturated heterocycles. The summed E-state index contributed by atoms with van der Waals surface area (Å²) in [4.78, 5) is 25.1. The summed E-state index contributed by atoms with van der Waals surface area (Å²) in [6.07, 6.45) is 0. The lowest BCUT2D eigenvalue weighted by Crippen LogP contribution is -2.34. The predicted octanol–water partition coefficient (Wildman–Crippen LogP) is 2.53. The third-order valence-electron chi connectivity index (χ3n) is 3.00. The van der Waals surface area contributed by atoms with Crippen molar-refractivity contribution >= 4 is 23.5 Å². The Hall–Kier alpha value is -1.55. The lowest BCUT2D eigenvalue weighted by Gasteiger charge is -2.21. The van der Waals surface area contributed by atoms with Gasteiger partial charge in [0.2, 0.25) is 0 Å². The zero-order chi connectivity index (χ0) is 14.6. The van der Waals surface area contributed by atoms with Crippen molar-refractivity contribution < 1.29 is 14.3 Å². The van der Waals surface area contributed by atoms with Crippen molar-refractivity contribution in [2.75, 3.05) is 20.7 Å². The molecule has 0 aliphatic rings. The predicted molar refractivity (Wildman–Crippen MR) is 74.3 cm³/mol. The summed E-state index contributed by atoms with van der Waals surface area (Å²) in [6, 6.07) is 5.20. The summed E-state index contributed by atoms with van der Waals surface area (Å²) in [5.74, 6) is -0.850. The maximum absolute atomic E-state index is 12.3. The average molecular weight is 284 g/mol. The fourth-order valence-corrected chi connectivity index (χ4v) is 1.99. The van der Waals surface area contributed by atoms with E-state index in [1.165, 1.54) is 12.0 Å². The zero-order valence-corrected chi connectivity index (χ0v) is 12.3. The summed E-state index contributed by atoms with van der Waals surface area (Å²) in [6.45, 7) is 3.82. The molecule has 19 heavy (non-hydrogen) atoms. The van der Waals surface area contributed by atoms with Crippen molar-refractivity contribution in [1.82, 2.24) is 4.90 Å². The Kier molecular flexibility index (Phi) is 5.36. The van der Waals surface area contributed by atoms with Crippen LogP contribution in [-0.4, -0.2) is 37.5 Å². The van der Waals surface area contributed by atoms with Gasteiger partial charge in [0.25, 0.3) is 5.91 Å². The molecule has 1 aromatic rings. The summed E-state index contributed by atoms with van der Waals surface area (Å²) in [7, 11) is 2.99. The highest BCUT2D eigenvalue weighted by Crippen LogP contribution is 2.20. The smallest absolute Gasteiger partial charge is 0.310 e. The molecule has 1 rings (SSSR count). The first kappa shape index (κ1) is 15.5. The van der Waals surface area contributed by atoms with E-state index >= 15 is 0 Å². The molecule has 0 N–H and O–H groups in total. The lowest BCUT2D eigenvalue weighted by molar-refractivity contribution is -0.145. The quantitative estimate of drug-likeness (QED) is 0.798. The maximum Gasteiger partial charge on any atom is 0.310 e.